The minimum atomic E-state index is -0.652. The van der Waals surface area contributed by atoms with Gasteiger partial charge in [-0.25, -0.2) is 0 Å². The molecule has 0 saturated carbocycles. The molecule has 0 aliphatic carbocycles. The van der Waals surface area contributed by atoms with Crippen LogP contribution in [0.2, 0.25) is 0 Å². The summed E-state index contributed by atoms with van der Waals surface area (Å²) in [6, 6.07) is 0. The first-order valence-corrected chi connectivity index (χ1v) is 8.82. The van der Waals surface area contributed by atoms with Gasteiger partial charge in [0.1, 0.15) is 6.23 Å². The molecule has 2 atom stereocenters. The van der Waals surface area contributed by atoms with Gasteiger partial charge in [0.25, 0.3) is 0 Å². The van der Waals surface area contributed by atoms with Gasteiger partial charge in [-0.1, -0.05) is 46.5 Å². The molecule has 4 nitrogen and oxygen atoms in total. The van der Waals surface area contributed by atoms with E-state index in [1.165, 1.54) is 0 Å². The Kier molecular flexibility index (Phi) is 12.7. The van der Waals surface area contributed by atoms with Gasteiger partial charge < -0.3 is 10.4 Å². The number of nitrogens with zero attached hydrogens (tertiary/aromatic N) is 1. The zero-order valence-electron chi connectivity index (χ0n) is 14.5. The number of rotatable bonds is 13. The molecule has 1 amide bonds. The van der Waals surface area contributed by atoms with Crippen LogP contribution in [0.15, 0.2) is 0 Å². The van der Waals surface area contributed by atoms with Crippen molar-refractivity contribution in [3.8, 4) is 0 Å². The Balaban J connectivity index is 4.79. The molecule has 0 bridgehead atoms. The number of hydrogen-bond donors (Lipinski definition) is 2. The van der Waals surface area contributed by atoms with Gasteiger partial charge >= 0.3 is 0 Å². The molecule has 0 aromatic carbocycles. The van der Waals surface area contributed by atoms with E-state index >= 15 is 0 Å². The zero-order valence-corrected chi connectivity index (χ0v) is 14.5. The molecule has 2 N–H and O–H groups in total. The Morgan fingerprint density at radius 2 is 1.52 bits per heavy atom. The summed E-state index contributed by atoms with van der Waals surface area (Å²) in [6.07, 6.45) is 6.49. The van der Waals surface area contributed by atoms with Crippen molar-refractivity contribution in [2.24, 2.45) is 5.92 Å². The molecular formula is C17H36N2O2. The van der Waals surface area contributed by atoms with E-state index in [9.17, 15) is 9.90 Å². The summed E-state index contributed by atoms with van der Waals surface area (Å²) in [6.45, 7) is 10.7. The predicted molar refractivity (Wildman–Crippen MR) is 89.1 cm³/mol. The lowest BCUT2D eigenvalue weighted by atomic mass is 9.97. The highest BCUT2D eigenvalue weighted by molar-refractivity contribution is 5.79. The van der Waals surface area contributed by atoms with Crippen LogP contribution in [0.25, 0.3) is 0 Å². The molecule has 0 radical (unpaired) electrons. The second-order valence-corrected chi connectivity index (χ2v) is 5.80. The van der Waals surface area contributed by atoms with Crippen molar-refractivity contribution in [2.75, 3.05) is 19.6 Å². The first-order chi connectivity index (χ1) is 10.1. The Bertz CT molecular complexity index is 251. The van der Waals surface area contributed by atoms with E-state index in [4.69, 9.17) is 0 Å². The third-order valence-corrected chi connectivity index (χ3v) is 3.89. The molecule has 0 aliphatic heterocycles. The van der Waals surface area contributed by atoms with Gasteiger partial charge in [-0.3, -0.25) is 9.69 Å². The van der Waals surface area contributed by atoms with Crippen LogP contribution in [0, 0.1) is 5.92 Å². The third kappa shape index (κ3) is 8.42. The van der Waals surface area contributed by atoms with E-state index in [1.54, 1.807) is 0 Å². The Morgan fingerprint density at radius 3 is 1.95 bits per heavy atom. The van der Waals surface area contributed by atoms with E-state index in [0.29, 0.717) is 6.54 Å². The minimum Gasteiger partial charge on any atom is -0.378 e. The maximum atomic E-state index is 12.2. The summed E-state index contributed by atoms with van der Waals surface area (Å²) >= 11 is 0. The van der Waals surface area contributed by atoms with Crippen LogP contribution in [-0.4, -0.2) is 41.8 Å². The van der Waals surface area contributed by atoms with E-state index in [2.05, 4.69) is 31.0 Å². The number of carbonyl (C=O) groups excluding carboxylic acids is 1. The van der Waals surface area contributed by atoms with E-state index in [-0.39, 0.29) is 11.8 Å². The number of nitrogens with one attached hydrogen (secondary N) is 1. The Hall–Kier alpha value is -0.610. The highest BCUT2D eigenvalue weighted by Crippen LogP contribution is 2.18. The first-order valence-electron chi connectivity index (χ1n) is 8.82. The normalized spacial score (nSPS) is 14.2. The van der Waals surface area contributed by atoms with Gasteiger partial charge in [-0.05, 0) is 26.2 Å². The van der Waals surface area contributed by atoms with Crippen LogP contribution in [0.4, 0.5) is 0 Å². The topological polar surface area (TPSA) is 52.6 Å². The summed E-state index contributed by atoms with van der Waals surface area (Å²) in [5.74, 6) is -0.310. The number of amides is 1. The molecule has 126 valence electrons. The number of unbranched alkanes of at least 4 members (excludes halogenated alkanes) is 3. The van der Waals surface area contributed by atoms with Crippen molar-refractivity contribution in [1.29, 1.82) is 0 Å². The SMILES string of the molecule is CCCCC(C(=O)NCC)C(O)N(CCCC)CCCC. The van der Waals surface area contributed by atoms with Crippen LogP contribution in [0.1, 0.15) is 72.6 Å². The van der Waals surface area contributed by atoms with Gasteiger partial charge in [-0.2, -0.15) is 0 Å². The van der Waals surface area contributed by atoms with Crippen LogP contribution in [-0.2, 0) is 4.79 Å². The third-order valence-electron chi connectivity index (χ3n) is 3.89. The van der Waals surface area contributed by atoms with Crippen molar-refractivity contribution in [1.82, 2.24) is 10.2 Å². The molecular weight excluding hydrogens is 264 g/mol. The quantitative estimate of drug-likeness (QED) is 0.514. The second kappa shape index (κ2) is 13.1. The lowest BCUT2D eigenvalue weighted by molar-refractivity contribution is -0.135. The van der Waals surface area contributed by atoms with Crippen LogP contribution >= 0.6 is 0 Å². The summed E-state index contributed by atoms with van der Waals surface area (Å²) in [5, 5.41) is 13.6. The molecule has 0 fully saturated rings. The van der Waals surface area contributed by atoms with Crippen LogP contribution in [0.3, 0.4) is 0 Å². The monoisotopic (exact) mass is 300 g/mol. The van der Waals surface area contributed by atoms with Gasteiger partial charge in [0, 0.05) is 19.6 Å². The van der Waals surface area contributed by atoms with E-state index in [0.717, 1.165) is 58.0 Å². The standard InChI is InChI=1S/C17H36N2O2/c1-5-9-12-15(16(20)18-8-4)17(21)19(13-10-6-2)14-11-7-3/h15,17,21H,5-14H2,1-4H3,(H,18,20). The molecule has 0 aromatic rings. The van der Waals surface area contributed by atoms with E-state index < -0.39 is 6.23 Å². The molecule has 0 aromatic heterocycles. The van der Waals surface area contributed by atoms with Crippen molar-refractivity contribution in [2.45, 2.75) is 78.9 Å². The Labute approximate surface area is 131 Å². The van der Waals surface area contributed by atoms with Crippen molar-refractivity contribution >= 4 is 5.91 Å². The van der Waals surface area contributed by atoms with Crippen molar-refractivity contribution in [3.05, 3.63) is 0 Å². The molecule has 0 heterocycles. The molecule has 0 spiro atoms. The maximum absolute atomic E-state index is 12.2. The van der Waals surface area contributed by atoms with Crippen molar-refractivity contribution in [3.63, 3.8) is 0 Å². The van der Waals surface area contributed by atoms with Gasteiger partial charge in [0.15, 0.2) is 0 Å². The summed E-state index contributed by atoms with van der Waals surface area (Å²) < 4.78 is 0. The fraction of sp³-hybridized carbons (Fsp3) is 0.941. The minimum absolute atomic E-state index is 0.00329. The largest absolute Gasteiger partial charge is 0.378 e. The average Bonchev–Trinajstić information content (AvgIpc) is 2.48. The number of aliphatic hydroxyl groups is 1. The summed E-state index contributed by atoms with van der Waals surface area (Å²) in [7, 11) is 0. The maximum Gasteiger partial charge on any atom is 0.227 e. The highest BCUT2D eigenvalue weighted by Gasteiger charge is 2.30. The summed E-state index contributed by atoms with van der Waals surface area (Å²) in [5.41, 5.74) is 0. The Morgan fingerprint density at radius 1 is 1.00 bits per heavy atom. The summed E-state index contributed by atoms with van der Waals surface area (Å²) in [4.78, 5) is 14.3. The lowest BCUT2D eigenvalue weighted by Crippen LogP contribution is -2.47. The lowest BCUT2D eigenvalue weighted by Gasteiger charge is -2.33. The highest BCUT2D eigenvalue weighted by atomic mass is 16.3. The van der Waals surface area contributed by atoms with Gasteiger partial charge in [0.2, 0.25) is 5.91 Å². The first kappa shape index (κ1) is 20.4. The van der Waals surface area contributed by atoms with Crippen molar-refractivity contribution < 1.29 is 9.90 Å². The van der Waals surface area contributed by atoms with Gasteiger partial charge in [-0.15, -0.1) is 0 Å². The molecule has 2 unspecified atom stereocenters. The fourth-order valence-corrected chi connectivity index (χ4v) is 2.50. The van der Waals surface area contributed by atoms with Crippen LogP contribution in [0.5, 0.6) is 0 Å². The van der Waals surface area contributed by atoms with E-state index in [1.807, 2.05) is 6.92 Å². The molecule has 0 rings (SSSR count). The number of hydrogen-bond acceptors (Lipinski definition) is 3. The molecule has 21 heavy (non-hydrogen) atoms. The number of carbonyl (C=O) groups is 1. The predicted octanol–water partition coefficient (Wildman–Crippen LogP) is 3.15. The number of aliphatic hydroxyl groups excluding tert-OH is 1. The zero-order chi connectivity index (χ0) is 16.1. The average molecular weight is 300 g/mol. The fourth-order valence-electron chi connectivity index (χ4n) is 2.50. The van der Waals surface area contributed by atoms with Crippen LogP contribution < -0.4 is 5.32 Å². The second-order valence-electron chi connectivity index (χ2n) is 5.80. The van der Waals surface area contributed by atoms with Gasteiger partial charge in [0.05, 0.1) is 5.92 Å². The smallest absolute Gasteiger partial charge is 0.227 e. The molecule has 4 heteroatoms. The molecule has 0 saturated heterocycles. The molecule has 0 aliphatic rings.